The molecule has 0 bridgehead atoms. The quantitative estimate of drug-likeness (QED) is 0.433. The van der Waals surface area contributed by atoms with Crippen molar-refractivity contribution in [2.24, 2.45) is 5.92 Å². The Morgan fingerprint density at radius 2 is 1.54 bits per heavy atom. The number of fused-ring (bicyclic) bond motifs is 1. The van der Waals surface area contributed by atoms with E-state index in [1.165, 1.54) is 12.1 Å². The fourth-order valence-corrected chi connectivity index (χ4v) is 3.91. The van der Waals surface area contributed by atoms with Crippen molar-refractivity contribution in [2.45, 2.75) is 31.6 Å². The molecule has 138 valence electrons. The Bertz CT molecular complexity index is 1120. The van der Waals surface area contributed by atoms with E-state index in [0.717, 1.165) is 47.6 Å². The molecule has 0 nitrogen and oxygen atoms in total. The highest BCUT2D eigenvalue weighted by atomic mass is 19.1. The molecule has 0 atom stereocenters. The zero-order valence-electron chi connectivity index (χ0n) is 15.5. The lowest BCUT2D eigenvalue weighted by atomic mass is 9.79. The maximum atomic E-state index is 14.6. The molecule has 1 aliphatic rings. The monoisotopic (exact) mass is 370 g/mol. The molecule has 0 spiro atoms. The van der Waals surface area contributed by atoms with Crippen LogP contribution in [0.15, 0.2) is 54.6 Å². The Morgan fingerprint density at radius 3 is 2.29 bits per heavy atom. The number of benzene rings is 3. The lowest BCUT2D eigenvalue weighted by molar-refractivity contribution is 0.384. The second-order valence-corrected chi connectivity index (χ2v) is 7.41. The number of hydrogen-bond acceptors (Lipinski definition) is 0. The second-order valence-electron chi connectivity index (χ2n) is 7.41. The van der Waals surface area contributed by atoms with Gasteiger partial charge in [-0.2, -0.15) is 0 Å². The lowest BCUT2D eigenvalue weighted by Crippen LogP contribution is -2.12. The first-order valence-corrected chi connectivity index (χ1v) is 9.59. The van der Waals surface area contributed by atoms with E-state index in [0.29, 0.717) is 17.4 Å². The van der Waals surface area contributed by atoms with Crippen LogP contribution in [0.5, 0.6) is 0 Å². The fourth-order valence-electron chi connectivity index (χ4n) is 3.91. The average Bonchev–Trinajstić information content (AvgIpc) is 2.73. The lowest BCUT2D eigenvalue weighted by Gasteiger charge is -2.26. The number of rotatable bonds is 1. The van der Waals surface area contributed by atoms with Gasteiger partial charge in [-0.15, -0.1) is 12.3 Å². The van der Waals surface area contributed by atoms with E-state index in [-0.39, 0.29) is 11.6 Å². The van der Waals surface area contributed by atoms with Crippen LogP contribution < -0.4 is 0 Å². The van der Waals surface area contributed by atoms with Gasteiger partial charge in [0.1, 0.15) is 11.6 Å². The fraction of sp³-hybridized carbons (Fsp3) is 0.231. The van der Waals surface area contributed by atoms with Crippen molar-refractivity contribution in [1.29, 1.82) is 0 Å². The van der Waals surface area contributed by atoms with E-state index in [1.54, 1.807) is 18.2 Å². The molecule has 3 aromatic carbocycles. The van der Waals surface area contributed by atoms with Crippen molar-refractivity contribution in [2.75, 3.05) is 0 Å². The Labute approximate surface area is 164 Å². The molecule has 28 heavy (non-hydrogen) atoms. The van der Waals surface area contributed by atoms with Gasteiger partial charge in [-0.3, -0.25) is 0 Å². The second kappa shape index (κ2) is 7.87. The maximum absolute atomic E-state index is 14.6. The minimum absolute atomic E-state index is 0.263. The minimum atomic E-state index is -0.285. The van der Waals surface area contributed by atoms with Crippen LogP contribution in [0.1, 0.15) is 48.3 Å². The molecule has 0 amide bonds. The Morgan fingerprint density at radius 1 is 0.786 bits per heavy atom. The summed E-state index contributed by atoms with van der Waals surface area (Å²) in [5.41, 5.74) is 2.20. The third-order valence-corrected chi connectivity index (χ3v) is 5.57. The molecule has 1 fully saturated rings. The third-order valence-electron chi connectivity index (χ3n) is 5.57. The van der Waals surface area contributed by atoms with E-state index < -0.39 is 0 Å². The highest BCUT2D eigenvalue weighted by Crippen LogP contribution is 2.35. The van der Waals surface area contributed by atoms with Crippen molar-refractivity contribution in [3.8, 4) is 24.2 Å². The molecule has 0 saturated heterocycles. The Kier molecular flexibility index (Phi) is 5.14. The summed E-state index contributed by atoms with van der Waals surface area (Å²) in [6.07, 6.45) is 9.55. The molecule has 0 heterocycles. The van der Waals surface area contributed by atoms with Crippen LogP contribution >= 0.6 is 0 Å². The first-order chi connectivity index (χ1) is 13.6. The van der Waals surface area contributed by atoms with Crippen LogP contribution in [0, 0.1) is 41.7 Å². The molecular formula is C26H20F2. The average molecular weight is 370 g/mol. The molecule has 0 radical (unpaired) electrons. The first kappa shape index (κ1) is 18.3. The van der Waals surface area contributed by atoms with Crippen molar-refractivity contribution in [1.82, 2.24) is 0 Å². The summed E-state index contributed by atoms with van der Waals surface area (Å²) in [6.45, 7) is 0. The molecular weight excluding hydrogens is 350 g/mol. The van der Waals surface area contributed by atoms with E-state index in [4.69, 9.17) is 6.42 Å². The third kappa shape index (κ3) is 3.92. The smallest absolute Gasteiger partial charge is 0.139 e. The van der Waals surface area contributed by atoms with Gasteiger partial charge in [0.25, 0.3) is 0 Å². The molecule has 0 aromatic heterocycles. The summed E-state index contributed by atoms with van der Waals surface area (Å²) in [5, 5.41) is 1.73. The van der Waals surface area contributed by atoms with Gasteiger partial charge in [-0.1, -0.05) is 30.0 Å². The first-order valence-electron chi connectivity index (χ1n) is 9.59. The van der Waals surface area contributed by atoms with Crippen molar-refractivity contribution in [3.63, 3.8) is 0 Å². The normalized spacial score (nSPS) is 18.9. The highest BCUT2D eigenvalue weighted by Gasteiger charge is 2.21. The summed E-state index contributed by atoms with van der Waals surface area (Å²) in [5.74, 6) is 8.97. The van der Waals surface area contributed by atoms with Crippen LogP contribution in [-0.4, -0.2) is 0 Å². The van der Waals surface area contributed by atoms with Gasteiger partial charge in [-0.25, -0.2) is 8.78 Å². The SMILES string of the molecule is C#CC1CCC(c2ccc(C#Cc3ccc4cc(F)ccc4c3)c(F)c2)CC1. The van der Waals surface area contributed by atoms with Gasteiger partial charge in [0, 0.05) is 11.5 Å². The Balaban J connectivity index is 1.53. The van der Waals surface area contributed by atoms with Crippen LogP contribution in [-0.2, 0) is 0 Å². The Hall–Kier alpha value is -3.10. The molecule has 0 N–H and O–H groups in total. The summed E-state index contributed by atoms with van der Waals surface area (Å²) in [6, 6.07) is 15.5. The van der Waals surface area contributed by atoms with Crippen molar-refractivity contribution in [3.05, 3.63) is 82.9 Å². The number of terminal acetylenes is 1. The van der Waals surface area contributed by atoms with Crippen LogP contribution in [0.2, 0.25) is 0 Å². The van der Waals surface area contributed by atoms with E-state index in [1.807, 2.05) is 24.3 Å². The number of hydrogen-bond donors (Lipinski definition) is 0. The van der Waals surface area contributed by atoms with Crippen LogP contribution in [0.4, 0.5) is 8.78 Å². The van der Waals surface area contributed by atoms with Crippen molar-refractivity contribution < 1.29 is 8.78 Å². The van der Waals surface area contributed by atoms with Gasteiger partial charge in [0.05, 0.1) is 5.56 Å². The topological polar surface area (TPSA) is 0 Å². The molecule has 3 aromatic rings. The van der Waals surface area contributed by atoms with Crippen molar-refractivity contribution >= 4 is 10.8 Å². The predicted molar refractivity (Wildman–Crippen MR) is 110 cm³/mol. The minimum Gasteiger partial charge on any atom is -0.207 e. The zero-order valence-corrected chi connectivity index (χ0v) is 15.5. The summed E-state index contributed by atoms with van der Waals surface area (Å²) in [4.78, 5) is 0. The molecule has 2 heteroatoms. The van der Waals surface area contributed by atoms with Gasteiger partial charge in [0.2, 0.25) is 0 Å². The maximum Gasteiger partial charge on any atom is 0.139 e. The highest BCUT2D eigenvalue weighted by molar-refractivity contribution is 5.83. The molecule has 4 rings (SSSR count). The van der Waals surface area contributed by atoms with Gasteiger partial charge < -0.3 is 0 Å². The van der Waals surface area contributed by atoms with E-state index in [2.05, 4.69) is 17.8 Å². The summed E-state index contributed by atoms with van der Waals surface area (Å²) >= 11 is 0. The van der Waals surface area contributed by atoms with E-state index in [9.17, 15) is 8.78 Å². The van der Waals surface area contributed by atoms with Crippen LogP contribution in [0.25, 0.3) is 10.8 Å². The van der Waals surface area contributed by atoms with Gasteiger partial charge >= 0.3 is 0 Å². The predicted octanol–water partition coefficient (Wildman–Crippen LogP) is 6.42. The molecule has 1 saturated carbocycles. The molecule has 0 unspecified atom stereocenters. The molecule has 0 aliphatic heterocycles. The number of halogens is 2. The van der Waals surface area contributed by atoms with Gasteiger partial charge in [-0.05, 0) is 84.3 Å². The van der Waals surface area contributed by atoms with Crippen LogP contribution in [0.3, 0.4) is 0 Å². The van der Waals surface area contributed by atoms with E-state index >= 15 is 0 Å². The standard InChI is InChI=1S/C26H20F2/c1-2-18-3-7-20(8-4-18)24-12-11-21(26(28)17-24)9-5-19-6-10-23-16-25(27)14-13-22(23)15-19/h1,6,10-18,20H,3-4,7-8H2. The largest absolute Gasteiger partial charge is 0.207 e. The zero-order chi connectivity index (χ0) is 19.5. The molecule has 1 aliphatic carbocycles. The summed E-state index contributed by atoms with van der Waals surface area (Å²) in [7, 11) is 0. The summed E-state index contributed by atoms with van der Waals surface area (Å²) < 4.78 is 27.8. The van der Waals surface area contributed by atoms with Gasteiger partial charge in [0.15, 0.2) is 0 Å².